The van der Waals surface area contributed by atoms with Gasteiger partial charge in [-0.15, -0.1) is 0 Å². The molecule has 0 fully saturated rings. The SMILES string of the molecule is O=S1(=O)CCC(Nc2cc(Br)ccc2F)c2ccccc21. The average molecular weight is 370 g/mol. The third-order valence-corrected chi connectivity index (χ3v) is 5.87. The summed E-state index contributed by atoms with van der Waals surface area (Å²) in [6.45, 7) is 0. The van der Waals surface area contributed by atoms with E-state index in [0.29, 0.717) is 22.6 Å². The van der Waals surface area contributed by atoms with Crippen LogP contribution in [0.15, 0.2) is 51.8 Å². The van der Waals surface area contributed by atoms with Crippen LogP contribution in [0.1, 0.15) is 18.0 Å². The van der Waals surface area contributed by atoms with Crippen LogP contribution in [-0.4, -0.2) is 14.2 Å². The summed E-state index contributed by atoms with van der Waals surface area (Å²) in [5.41, 5.74) is 1.06. The van der Waals surface area contributed by atoms with Gasteiger partial charge >= 0.3 is 0 Å². The summed E-state index contributed by atoms with van der Waals surface area (Å²) in [5, 5.41) is 3.11. The van der Waals surface area contributed by atoms with Gasteiger partial charge in [-0.05, 0) is 36.2 Å². The van der Waals surface area contributed by atoms with Crippen LogP contribution in [0, 0.1) is 5.82 Å². The van der Waals surface area contributed by atoms with Crippen molar-refractivity contribution in [3.05, 3.63) is 58.3 Å². The number of hydrogen-bond donors (Lipinski definition) is 1. The average Bonchev–Trinajstić information content (AvgIpc) is 2.46. The predicted octanol–water partition coefficient (Wildman–Crippen LogP) is 3.92. The van der Waals surface area contributed by atoms with Crippen LogP contribution in [0.2, 0.25) is 0 Å². The van der Waals surface area contributed by atoms with Crippen LogP contribution >= 0.6 is 15.9 Å². The van der Waals surface area contributed by atoms with E-state index in [2.05, 4.69) is 21.2 Å². The van der Waals surface area contributed by atoms with Crippen LogP contribution in [0.4, 0.5) is 10.1 Å². The minimum Gasteiger partial charge on any atom is -0.376 e. The van der Waals surface area contributed by atoms with Gasteiger partial charge in [0, 0.05) is 4.47 Å². The minimum absolute atomic E-state index is 0.0668. The van der Waals surface area contributed by atoms with Crippen molar-refractivity contribution < 1.29 is 12.8 Å². The molecule has 3 rings (SSSR count). The molecule has 2 aromatic carbocycles. The topological polar surface area (TPSA) is 46.2 Å². The Morgan fingerprint density at radius 1 is 1.19 bits per heavy atom. The molecular weight excluding hydrogens is 357 g/mol. The largest absolute Gasteiger partial charge is 0.376 e. The lowest BCUT2D eigenvalue weighted by Crippen LogP contribution is -2.24. The first-order valence-corrected chi connectivity index (χ1v) is 8.95. The van der Waals surface area contributed by atoms with Gasteiger partial charge in [-0.2, -0.15) is 0 Å². The molecule has 1 heterocycles. The molecule has 1 N–H and O–H groups in total. The number of rotatable bonds is 2. The van der Waals surface area contributed by atoms with Crippen molar-refractivity contribution in [3.63, 3.8) is 0 Å². The molecule has 0 saturated carbocycles. The highest BCUT2D eigenvalue weighted by Gasteiger charge is 2.30. The summed E-state index contributed by atoms with van der Waals surface area (Å²) in [6, 6.07) is 11.3. The summed E-state index contributed by atoms with van der Waals surface area (Å²) in [6.07, 6.45) is 0.422. The Balaban J connectivity index is 1.99. The molecule has 1 aliphatic heterocycles. The van der Waals surface area contributed by atoms with Gasteiger partial charge in [-0.3, -0.25) is 0 Å². The summed E-state index contributed by atoms with van der Waals surface area (Å²) < 4.78 is 38.8. The Labute approximate surface area is 131 Å². The second kappa shape index (κ2) is 5.42. The number of anilines is 1. The smallest absolute Gasteiger partial charge is 0.178 e. The normalized spacial score (nSPS) is 19.8. The van der Waals surface area contributed by atoms with Crippen molar-refractivity contribution in [1.82, 2.24) is 0 Å². The van der Waals surface area contributed by atoms with E-state index in [9.17, 15) is 12.8 Å². The van der Waals surface area contributed by atoms with Gasteiger partial charge in [-0.25, -0.2) is 12.8 Å². The van der Waals surface area contributed by atoms with E-state index in [4.69, 9.17) is 0 Å². The molecule has 0 aromatic heterocycles. The molecule has 2 aromatic rings. The van der Waals surface area contributed by atoms with E-state index in [1.165, 1.54) is 6.07 Å². The summed E-state index contributed by atoms with van der Waals surface area (Å²) in [5.74, 6) is -0.291. The highest BCUT2D eigenvalue weighted by atomic mass is 79.9. The molecule has 0 aliphatic carbocycles. The Morgan fingerprint density at radius 3 is 2.76 bits per heavy atom. The molecule has 1 atom stereocenters. The highest BCUT2D eigenvalue weighted by molar-refractivity contribution is 9.10. The van der Waals surface area contributed by atoms with Crippen molar-refractivity contribution >= 4 is 31.5 Å². The molecule has 110 valence electrons. The zero-order chi connectivity index (χ0) is 15.0. The second-order valence-electron chi connectivity index (χ2n) is 4.97. The number of sulfone groups is 1. The van der Waals surface area contributed by atoms with Crippen molar-refractivity contribution in [2.45, 2.75) is 17.4 Å². The van der Waals surface area contributed by atoms with E-state index in [-0.39, 0.29) is 17.6 Å². The van der Waals surface area contributed by atoms with Gasteiger partial charge in [0.25, 0.3) is 0 Å². The Morgan fingerprint density at radius 2 is 1.95 bits per heavy atom. The van der Waals surface area contributed by atoms with Gasteiger partial charge in [0.1, 0.15) is 5.82 Å². The zero-order valence-electron chi connectivity index (χ0n) is 11.0. The molecule has 3 nitrogen and oxygen atoms in total. The molecule has 1 aliphatic rings. The van der Waals surface area contributed by atoms with Crippen molar-refractivity contribution in [3.8, 4) is 0 Å². The lowest BCUT2D eigenvalue weighted by atomic mass is 10.0. The molecule has 0 bridgehead atoms. The Kier molecular flexibility index (Phi) is 3.75. The van der Waals surface area contributed by atoms with E-state index >= 15 is 0 Å². The van der Waals surface area contributed by atoms with Crippen LogP contribution in [-0.2, 0) is 9.84 Å². The first-order chi connectivity index (χ1) is 9.97. The lowest BCUT2D eigenvalue weighted by molar-refractivity contribution is 0.574. The fourth-order valence-electron chi connectivity index (χ4n) is 2.54. The molecule has 21 heavy (non-hydrogen) atoms. The van der Waals surface area contributed by atoms with Crippen LogP contribution < -0.4 is 5.32 Å². The molecule has 0 radical (unpaired) electrons. The van der Waals surface area contributed by atoms with E-state index < -0.39 is 9.84 Å². The highest BCUT2D eigenvalue weighted by Crippen LogP contribution is 2.35. The molecule has 0 amide bonds. The number of fused-ring (bicyclic) bond motifs is 1. The second-order valence-corrected chi connectivity index (χ2v) is 7.96. The maximum atomic E-state index is 13.9. The zero-order valence-corrected chi connectivity index (χ0v) is 13.4. The maximum absolute atomic E-state index is 13.9. The third kappa shape index (κ3) is 2.82. The fraction of sp³-hybridized carbons (Fsp3) is 0.200. The Hall–Kier alpha value is -1.40. The minimum atomic E-state index is -3.23. The van der Waals surface area contributed by atoms with Crippen molar-refractivity contribution in [2.75, 3.05) is 11.1 Å². The monoisotopic (exact) mass is 369 g/mol. The number of hydrogen-bond acceptors (Lipinski definition) is 3. The molecule has 0 saturated heterocycles. The van der Waals surface area contributed by atoms with E-state index in [1.807, 2.05) is 0 Å². The number of benzene rings is 2. The van der Waals surface area contributed by atoms with Crippen molar-refractivity contribution in [1.29, 1.82) is 0 Å². The van der Waals surface area contributed by atoms with Crippen LogP contribution in [0.5, 0.6) is 0 Å². The van der Waals surface area contributed by atoms with Crippen molar-refractivity contribution in [2.24, 2.45) is 0 Å². The number of nitrogens with one attached hydrogen (secondary N) is 1. The molecular formula is C15H13BrFNO2S. The standard InChI is InChI=1S/C15H13BrFNO2S/c16-10-5-6-12(17)14(9-10)18-13-7-8-21(19,20)15-4-2-1-3-11(13)15/h1-6,9,13,18H,7-8H2. The van der Waals surface area contributed by atoms with E-state index in [0.717, 1.165) is 4.47 Å². The first kappa shape index (κ1) is 14.5. The summed E-state index contributed by atoms with van der Waals surface area (Å²) >= 11 is 3.31. The number of halogens is 2. The predicted molar refractivity (Wildman–Crippen MR) is 83.6 cm³/mol. The van der Waals surface area contributed by atoms with Crippen LogP contribution in [0.25, 0.3) is 0 Å². The fourth-order valence-corrected chi connectivity index (χ4v) is 4.52. The lowest BCUT2D eigenvalue weighted by Gasteiger charge is -2.27. The van der Waals surface area contributed by atoms with Gasteiger partial charge in [-0.1, -0.05) is 34.1 Å². The van der Waals surface area contributed by atoms with Gasteiger partial charge in [0.2, 0.25) is 0 Å². The summed E-state index contributed by atoms with van der Waals surface area (Å²) in [7, 11) is -3.23. The summed E-state index contributed by atoms with van der Waals surface area (Å²) in [4.78, 5) is 0.337. The Bertz CT molecular complexity index is 792. The maximum Gasteiger partial charge on any atom is 0.178 e. The van der Waals surface area contributed by atoms with Crippen LogP contribution in [0.3, 0.4) is 0 Å². The van der Waals surface area contributed by atoms with Gasteiger partial charge in [0.15, 0.2) is 9.84 Å². The third-order valence-electron chi connectivity index (χ3n) is 3.56. The van der Waals surface area contributed by atoms with Gasteiger partial charge < -0.3 is 5.32 Å². The van der Waals surface area contributed by atoms with E-state index in [1.54, 1.807) is 36.4 Å². The first-order valence-electron chi connectivity index (χ1n) is 6.51. The van der Waals surface area contributed by atoms with Gasteiger partial charge in [0.05, 0.1) is 22.4 Å². The molecule has 1 unspecified atom stereocenters. The molecule has 6 heteroatoms. The molecule has 0 spiro atoms. The quantitative estimate of drug-likeness (QED) is 0.872.